The Morgan fingerprint density at radius 2 is 2.13 bits per heavy atom. The number of hydrogen-bond donors (Lipinski definition) is 2. The Hall–Kier alpha value is -1.35. The third kappa shape index (κ3) is 3.36. The van der Waals surface area contributed by atoms with Crippen LogP contribution in [0.4, 0.5) is 5.69 Å². The Labute approximate surface area is 90.1 Å². The van der Waals surface area contributed by atoms with Crippen molar-refractivity contribution in [1.29, 1.82) is 0 Å². The van der Waals surface area contributed by atoms with Crippen LogP contribution in [-0.4, -0.2) is 11.0 Å². The number of carbonyl (C=O) groups is 1. The van der Waals surface area contributed by atoms with Crippen molar-refractivity contribution in [2.75, 3.05) is 5.32 Å². The summed E-state index contributed by atoms with van der Waals surface area (Å²) in [6.45, 7) is 3.48. The van der Waals surface area contributed by atoms with Crippen LogP contribution in [0.1, 0.15) is 38.4 Å². The lowest BCUT2D eigenvalue weighted by atomic mass is 10.0. The highest BCUT2D eigenvalue weighted by atomic mass is 16.3. The first-order valence-corrected chi connectivity index (χ1v) is 5.19. The van der Waals surface area contributed by atoms with Gasteiger partial charge in [-0.1, -0.05) is 31.5 Å². The molecule has 0 spiro atoms. The highest BCUT2D eigenvalue weighted by Gasteiger charge is 2.11. The van der Waals surface area contributed by atoms with E-state index in [0.29, 0.717) is 12.1 Å². The maximum atomic E-state index is 11.0. The summed E-state index contributed by atoms with van der Waals surface area (Å²) < 4.78 is 0. The number of aliphatic hydroxyl groups is 1. The van der Waals surface area contributed by atoms with Crippen LogP contribution in [0.25, 0.3) is 0 Å². The highest BCUT2D eigenvalue weighted by Crippen LogP contribution is 2.25. The maximum Gasteiger partial charge on any atom is 0.221 e. The van der Waals surface area contributed by atoms with Gasteiger partial charge in [-0.3, -0.25) is 4.79 Å². The molecule has 0 fully saturated rings. The van der Waals surface area contributed by atoms with Crippen molar-refractivity contribution in [3.63, 3.8) is 0 Å². The van der Waals surface area contributed by atoms with Crippen LogP contribution >= 0.6 is 0 Å². The van der Waals surface area contributed by atoms with Crippen LogP contribution in [-0.2, 0) is 4.79 Å². The topological polar surface area (TPSA) is 49.3 Å². The van der Waals surface area contributed by atoms with Crippen molar-refractivity contribution in [2.45, 2.75) is 32.8 Å². The normalized spacial score (nSPS) is 12.2. The van der Waals surface area contributed by atoms with E-state index in [1.807, 2.05) is 25.1 Å². The minimum atomic E-state index is -0.502. The molecule has 0 aliphatic rings. The fraction of sp³-hybridized carbons (Fsp3) is 0.417. The van der Waals surface area contributed by atoms with E-state index >= 15 is 0 Å². The number of rotatable bonds is 4. The molecule has 1 aromatic rings. The van der Waals surface area contributed by atoms with Gasteiger partial charge in [-0.05, 0) is 12.5 Å². The maximum absolute atomic E-state index is 11.0. The van der Waals surface area contributed by atoms with E-state index in [1.54, 1.807) is 6.07 Å². The second-order valence-electron chi connectivity index (χ2n) is 3.57. The fourth-order valence-electron chi connectivity index (χ4n) is 1.52. The first-order chi connectivity index (χ1) is 7.15. The van der Waals surface area contributed by atoms with Gasteiger partial charge in [-0.25, -0.2) is 0 Å². The van der Waals surface area contributed by atoms with E-state index in [2.05, 4.69) is 5.32 Å². The molecule has 3 heteroatoms. The number of carbonyl (C=O) groups excluding carboxylic acids is 1. The molecule has 1 unspecified atom stereocenters. The van der Waals surface area contributed by atoms with Crippen LogP contribution in [0.5, 0.6) is 0 Å². The molecule has 1 amide bonds. The second kappa shape index (κ2) is 5.51. The Kier molecular flexibility index (Phi) is 4.31. The highest BCUT2D eigenvalue weighted by molar-refractivity contribution is 5.89. The van der Waals surface area contributed by atoms with Gasteiger partial charge < -0.3 is 10.4 Å². The summed E-state index contributed by atoms with van der Waals surface area (Å²) in [5.74, 6) is -0.119. The van der Waals surface area contributed by atoms with E-state index in [0.717, 1.165) is 12.0 Å². The summed E-state index contributed by atoms with van der Waals surface area (Å²) in [6.07, 6.45) is 1.12. The Morgan fingerprint density at radius 3 is 2.73 bits per heavy atom. The van der Waals surface area contributed by atoms with Crippen molar-refractivity contribution in [2.24, 2.45) is 0 Å². The molecule has 0 radical (unpaired) electrons. The Balaban J connectivity index is 2.89. The van der Waals surface area contributed by atoms with E-state index in [4.69, 9.17) is 0 Å². The minimum Gasteiger partial charge on any atom is -0.388 e. The fourth-order valence-corrected chi connectivity index (χ4v) is 1.52. The third-order valence-electron chi connectivity index (χ3n) is 2.19. The standard InChI is InChI=1S/C12H17NO2/c1-3-6-12(15)10-7-4-5-8-11(10)13-9(2)14/h4-5,7-8,12,15H,3,6H2,1-2H3,(H,13,14). The third-order valence-corrected chi connectivity index (χ3v) is 2.19. The van der Waals surface area contributed by atoms with Gasteiger partial charge in [0, 0.05) is 18.2 Å². The summed E-state index contributed by atoms with van der Waals surface area (Å²) in [6, 6.07) is 7.34. The molecule has 0 aromatic heterocycles. The smallest absolute Gasteiger partial charge is 0.221 e. The number of para-hydroxylation sites is 1. The van der Waals surface area contributed by atoms with Crippen LogP contribution in [0.15, 0.2) is 24.3 Å². The van der Waals surface area contributed by atoms with E-state index in [1.165, 1.54) is 6.92 Å². The summed E-state index contributed by atoms with van der Waals surface area (Å²) >= 11 is 0. The summed E-state index contributed by atoms with van der Waals surface area (Å²) in [7, 11) is 0. The van der Waals surface area contributed by atoms with Crippen LogP contribution in [0.3, 0.4) is 0 Å². The molecule has 15 heavy (non-hydrogen) atoms. The molecule has 0 bridgehead atoms. The van der Waals surface area contributed by atoms with Crippen LogP contribution in [0, 0.1) is 0 Å². The monoisotopic (exact) mass is 207 g/mol. The molecule has 0 aliphatic heterocycles. The van der Waals surface area contributed by atoms with Crippen molar-refractivity contribution >= 4 is 11.6 Å². The number of amides is 1. The zero-order chi connectivity index (χ0) is 11.3. The summed E-state index contributed by atoms with van der Waals surface area (Å²) in [5, 5.41) is 12.6. The predicted octanol–water partition coefficient (Wildman–Crippen LogP) is 2.48. The SMILES string of the molecule is CCCC(O)c1ccccc1NC(C)=O. The molecular weight excluding hydrogens is 190 g/mol. The van der Waals surface area contributed by atoms with Gasteiger partial charge in [0.1, 0.15) is 0 Å². The van der Waals surface area contributed by atoms with Gasteiger partial charge >= 0.3 is 0 Å². The average molecular weight is 207 g/mol. The second-order valence-corrected chi connectivity index (χ2v) is 3.57. The zero-order valence-corrected chi connectivity index (χ0v) is 9.16. The predicted molar refractivity (Wildman–Crippen MR) is 60.6 cm³/mol. The number of hydrogen-bond acceptors (Lipinski definition) is 2. The number of benzene rings is 1. The summed E-state index contributed by atoms with van der Waals surface area (Å²) in [5.41, 5.74) is 1.49. The molecule has 0 heterocycles. The molecule has 3 nitrogen and oxygen atoms in total. The van der Waals surface area contributed by atoms with Gasteiger partial charge in [0.15, 0.2) is 0 Å². The lowest BCUT2D eigenvalue weighted by Crippen LogP contribution is -2.10. The van der Waals surface area contributed by atoms with E-state index in [9.17, 15) is 9.90 Å². The number of aliphatic hydroxyl groups excluding tert-OH is 1. The molecule has 1 aromatic carbocycles. The largest absolute Gasteiger partial charge is 0.388 e. The quantitative estimate of drug-likeness (QED) is 0.796. The minimum absolute atomic E-state index is 0.119. The van der Waals surface area contributed by atoms with Crippen molar-refractivity contribution in [3.05, 3.63) is 29.8 Å². The first-order valence-electron chi connectivity index (χ1n) is 5.19. The molecule has 0 saturated heterocycles. The lowest BCUT2D eigenvalue weighted by Gasteiger charge is -2.14. The molecule has 82 valence electrons. The van der Waals surface area contributed by atoms with Gasteiger partial charge in [0.05, 0.1) is 6.10 Å². The van der Waals surface area contributed by atoms with Crippen LogP contribution in [0.2, 0.25) is 0 Å². The molecule has 0 aliphatic carbocycles. The molecule has 1 atom stereocenters. The van der Waals surface area contributed by atoms with Gasteiger partial charge in [-0.2, -0.15) is 0 Å². The first kappa shape index (κ1) is 11.7. The summed E-state index contributed by atoms with van der Waals surface area (Å²) in [4.78, 5) is 11.0. The van der Waals surface area contributed by atoms with E-state index in [-0.39, 0.29) is 5.91 Å². The van der Waals surface area contributed by atoms with Crippen molar-refractivity contribution in [3.8, 4) is 0 Å². The lowest BCUT2D eigenvalue weighted by molar-refractivity contribution is -0.114. The van der Waals surface area contributed by atoms with Crippen molar-refractivity contribution < 1.29 is 9.90 Å². The molecule has 1 rings (SSSR count). The Morgan fingerprint density at radius 1 is 1.47 bits per heavy atom. The average Bonchev–Trinajstić information content (AvgIpc) is 2.18. The van der Waals surface area contributed by atoms with Crippen molar-refractivity contribution in [1.82, 2.24) is 0 Å². The number of anilines is 1. The van der Waals surface area contributed by atoms with Gasteiger partial charge in [-0.15, -0.1) is 0 Å². The molecule has 0 saturated carbocycles. The molecule has 2 N–H and O–H groups in total. The zero-order valence-electron chi connectivity index (χ0n) is 9.16. The van der Waals surface area contributed by atoms with Crippen LogP contribution < -0.4 is 5.32 Å². The van der Waals surface area contributed by atoms with E-state index < -0.39 is 6.10 Å². The Bertz CT molecular complexity index is 336. The molecular formula is C12H17NO2. The van der Waals surface area contributed by atoms with Gasteiger partial charge in [0.2, 0.25) is 5.91 Å². The number of nitrogens with one attached hydrogen (secondary N) is 1. The van der Waals surface area contributed by atoms with Gasteiger partial charge in [0.25, 0.3) is 0 Å².